The molecule has 116 valence electrons. The van der Waals surface area contributed by atoms with Crippen molar-refractivity contribution in [3.8, 4) is 0 Å². The van der Waals surface area contributed by atoms with Gasteiger partial charge in [-0.05, 0) is 21.8 Å². The molecule has 3 heteroatoms. The average molecular weight is 419 g/mol. The van der Waals surface area contributed by atoms with Crippen LogP contribution in [0, 0.1) is 0 Å². The summed E-state index contributed by atoms with van der Waals surface area (Å²) in [5, 5.41) is 5.09. The zero-order valence-electron chi connectivity index (χ0n) is 12.7. The Morgan fingerprint density at radius 2 is 1.43 bits per heavy atom. The van der Waals surface area contributed by atoms with Gasteiger partial charge in [-0.3, -0.25) is 0 Å². The third-order valence-electron chi connectivity index (χ3n) is 4.15. The smallest absolute Gasteiger partial charge is 0 e. The second-order valence-corrected chi connectivity index (χ2v) is 5.59. The van der Waals surface area contributed by atoms with E-state index >= 15 is 0 Å². The van der Waals surface area contributed by atoms with Gasteiger partial charge in [0, 0.05) is 26.2 Å². The molecule has 1 aliphatic rings. The predicted molar refractivity (Wildman–Crippen MR) is 99.4 cm³/mol. The molecule has 0 fully saturated rings. The minimum absolute atomic E-state index is 0. The van der Waals surface area contributed by atoms with Crippen LogP contribution in [0.1, 0.15) is 12.5 Å². The van der Waals surface area contributed by atoms with E-state index in [-0.39, 0.29) is 56.4 Å². The summed E-state index contributed by atoms with van der Waals surface area (Å²) in [5.74, 6) is 0. The fraction of sp³-hybridized carbons (Fsp3) is 0.100. The molecule has 0 amide bonds. The van der Waals surface area contributed by atoms with E-state index in [1.165, 1.54) is 26.8 Å². The fourth-order valence-electron chi connectivity index (χ4n) is 3.19. The van der Waals surface area contributed by atoms with Crippen molar-refractivity contribution in [3.63, 3.8) is 0 Å². The number of fused-ring (bicyclic) bond motifs is 2. The van der Waals surface area contributed by atoms with Gasteiger partial charge in [-0.1, -0.05) is 55.5 Å². The van der Waals surface area contributed by atoms with E-state index < -0.39 is 0 Å². The third-order valence-corrected chi connectivity index (χ3v) is 4.15. The molecule has 0 radical (unpaired) electrons. The molecule has 0 aliphatic heterocycles. The van der Waals surface area contributed by atoms with Crippen LogP contribution in [0.25, 0.3) is 22.9 Å². The van der Waals surface area contributed by atoms with Gasteiger partial charge in [0.25, 0.3) is 0 Å². The molecular weight excluding hydrogens is 402 g/mol. The first-order chi connectivity index (χ1) is 9.76. The maximum Gasteiger partial charge on any atom is 0 e. The van der Waals surface area contributed by atoms with Crippen LogP contribution < -0.4 is 10.4 Å². The second-order valence-electron chi connectivity index (χ2n) is 5.59. The van der Waals surface area contributed by atoms with Gasteiger partial charge < -0.3 is 0 Å². The molecule has 0 N–H and O–H groups in total. The van der Waals surface area contributed by atoms with Crippen molar-refractivity contribution in [1.29, 1.82) is 0 Å². The predicted octanol–water partition coefficient (Wildman–Crippen LogP) is 4.09. The Hall–Kier alpha value is -0.877. The van der Waals surface area contributed by atoms with E-state index in [0.29, 0.717) is 0 Å². The van der Waals surface area contributed by atoms with Gasteiger partial charge in [-0.15, -0.1) is 48.2 Å². The molecule has 1 aliphatic carbocycles. The van der Waals surface area contributed by atoms with Crippen LogP contribution in [0.2, 0.25) is 0 Å². The van der Waals surface area contributed by atoms with Gasteiger partial charge in [0.15, 0.2) is 0 Å². The van der Waals surface area contributed by atoms with Gasteiger partial charge in [0.1, 0.15) is 0 Å². The molecule has 4 rings (SSSR count). The molecule has 1 unspecified atom stereocenters. The van der Waals surface area contributed by atoms with Gasteiger partial charge >= 0.3 is 0 Å². The normalized spacial score (nSPS) is 17.6. The van der Waals surface area contributed by atoms with Crippen molar-refractivity contribution in [1.82, 2.24) is 0 Å². The van der Waals surface area contributed by atoms with Gasteiger partial charge in [0.05, 0.1) is 0 Å². The fourth-order valence-corrected chi connectivity index (χ4v) is 3.19. The van der Waals surface area contributed by atoms with E-state index in [1.807, 2.05) is 0 Å². The van der Waals surface area contributed by atoms with E-state index in [9.17, 15) is 0 Å². The Morgan fingerprint density at radius 1 is 0.783 bits per heavy atom. The SMILES string of the molecule is CC1(c2cccc3ccccc23)[C-]=c2ccccc2=C1.Cl.Cl.[Zr]. The minimum Gasteiger partial charge on any atom is -0.189 e. The topological polar surface area (TPSA) is 0 Å². The first-order valence-corrected chi connectivity index (χ1v) is 6.98. The first-order valence-electron chi connectivity index (χ1n) is 6.98. The number of hydrogen-bond donors (Lipinski definition) is 0. The summed E-state index contributed by atoms with van der Waals surface area (Å²) < 4.78 is 0. The van der Waals surface area contributed by atoms with Crippen molar-refractivity contribution in [2.24, 2.45) is 0 Å². The van der Waals surface area contributed by atoms with E-state index in [0.717, 1.165) is 0 Å². The summed E-state index contributed by atoms with van der Waals surface area (Å²) in [4.78, 5) is 0. The Morgan fingerprint density at radius 3 is 2.22 bits per heavy atom. The summed E-state index contributed by atoms with van der Waals surface area (Å²) in [5.41, 5.74) is 1.18. The first kappa shape index (κ1) is 20.2. The van der Waals surface area contributed by atoms with Crippen molar-refractivity contribution in [3.05, 3.63) is 82.7 Å². The summed E-state index contributed by atoms with van der Waals surface area (Å²) in [6, 6.07) is 23.6. The Balaban J connectivity index is 0.000000882. The monoisotopic (exact) mass is 417 g/mol. The Bertz CT molecular complexity index is 891. The summed E-state index contributed by atoms with van der Waals surface area (Å²) in [6.45, 7) is 2.24. The van der Waals surface area contributed by atoms with Crippen LogP contribution in [0.3, 0.4) is 0 Å². The maximum atomic E-state index is 3.66. The molecular formula is C20H17Cl2Zr-. The van der Waals surface area contributed by atoms with Crippen LogP contribution >= 0.6 is 24.8 Å². The van der Waals surface area contributed by atoms with Crippen molar-refractivity contribution >= 4 is 47.7 Å². The molecule has 23 heavy (non-hydrogen) atoms. The quantitative estimate of drug-likeness (QED) is 0.522. The number of halogens is 2. The largest absolute Gasteiger partial charge is 0.189 e. The number of hydrogen-bond acceptors (Lipinski definition) is 0. The van der Waals surface area contributed by atoms with Crippen LogP contribution in [0.4, 0.5) is 0 Å². The van der Waals surface area contributed by atoms with Crippen LogP contribution in [0.5, 0.6) is 0 Å². The van der Waals surface area contributed by atoms with E-state index in [2.05, 4.69) is 85.8 Å². The zero-order chi connectivity index (χ0) is 13.6. The van der Waals surface area contributed by atoms with Crippen molar-refractivity contribution in [2.45, 2.75) is 12.3 Å². The van der Waals surface area contributed by atoms with Crippen molar-refractivity contribution < 1.29 is 26.2 Å². The molecule has 3 aromatic rings. The maximum absolute atomic E-state index is 3.66. The van der Waals surface area contributed by atoms with Gasteiger partial charge in [-0.25, -0.2) is 0 Å². The summed E-state index contributed by atoms with van der Waals surface area (Å²) >= 11 is 0. The molecule has 1 atom stereocenters. The standard InChI is InChI=1S/C20H15.2ClH.Zr/c1-20(13-16-8-2-3-9-17(16)14-20)19-12-6-10-15-7-4-5-11-18(15)19;;;/h2-13H,1H3;2*1H;/q-1;;;. The molecule has 0 heterocycles. The van der Waals surface area contributed by atoms with Crippen LogP contribution in [-0.2, 0) is 31.6 Å². The Kier molecular flexibility index (Phi) is 6.84. The number of benzene rings is 3. The van der Waals surface area contributed by atoms with Crippen molar-refractivity contribution in [2.75, 3.05) is 0 Å². The second kappa shape index (κ2) is 7.80. The third kappa shape index (κ3) is 3.48. The molecule has 0 spiro atoms. The molecule has 0 aromatic heterocycles. The Labute approximate surface area is 168 Å². The number of rotatable bonds is 1. The van der Waals surface area contributed by atoms with E-state index in [4.69, 9.17) is 0 Å². The van der Waals surface area contributed by atoms with Crippen LogP contribution in [0.15, 0.2) is 66.7 Å². The van der Waals surface area contributed by atoms with Gasteiger partial charge in [-0.2, -0.15) is 17.4 Å². The average Bonchev–Trinajstić information content (AvgIpc) is 2.84. The summed E-state index contributed by atoms with van der Waals surface area (Å²) in [6.07, 6.45) is 5.99. The molecule has 3 aromatic carbocycles. The molecule has 0 nitrogen and oxygen atoms in total. The minimum atomic E-state index is -0.148. The molecule has 0 bridgehead atoms. The van der Waals surface area contributed by atoms with E-state index in [1.54, 1.807) is 0 Å². The molecule has 0 saturated carbocycles. The summed E-state index contributed by atoms with van der Waals surface area (Å²) in [7, 11) is 0. The molecule has 0 saturated heterocycles. The van der Waals surface area contributed by atoms with Crippen LogP contribution in [-0.4, -0.2) is 0 Å². The van der Waals surface area contributed by atoms with Gasteiger partial charge in [0.2, 0.25) is 0 Å². The zero-order valence-corrected chi connectivity index (χ0v) is 16.8.